The van der Waals surface area contributed by atoms with Crippen LogP contribution in [0.15, 0.2) is 0 Å². The zero-order chi connectivity index (χ0) is 11.0. The molecule has 0 aliphatic carbocycles. The Kier molecular flexibility index (Phi) is 7.09. The van der Waals surface area contributed by atoms with Gasteiger partial charge in [0.1, 0.15) is 0 Å². The lowest BCUT2D eigenvalue weighted by atomic mass is 9.88. The third-order valence-electron chi connectivity index (χ3n) is 2.67. The second-order valence-electron chi connectivity index (χ2n) is 4.05. The lowest BCUT2D eigenvalue weighted by Gasteiger charge is -2.32. The SMILES string of the molecule is CCC(C)(CO)CN(CCO)CCO. The summed E-state index contributed by atoms with van der Waals surface area (Å²) in [5.41, 5.74) is -0.135. The van der Waals surface area contributed by atoms with Crippen LogP contribution in [0.1, 0.15) is 20.3 Å². The van der Waals surface area contributed by atoms with Crippen molar-refractivity contribution in [2.45, 2.75) is 20.3 Å². The quantitative estimate of drug-likeness (QED) is 0.508. The molecule has 0 spiro atoms. The van der Waals surface area contributed by atoms with E-state index >= 15 is 0 Å². The first-order chi connectivity index (χ1) is 6.61. The maximum Gasteiger partial charge on any atom is 0.0558 e. The van der Waals surface area contributed by atoms with Gasteiger partial charge < -0.3 is 15.3 Å². The molecule has 0 saturated heterocycles. The molecule has 0 bridgehead atoms. The molecule has 1 atom stereocenters. The van der Waals surface area contributed by atoms with Gasteiger partial charge in [-0.3, -0.25) is 4.90 Å². The second kappa shape index (κ2) is 7.17. The minimum Gasteiger partial charge on any atom is -0.396 e. The van der Waals surface area contributed by atoms with E-state index in [0.29, 0.717) is 19.6 Å². The van der Waals surface area contributed by atoms with Crippen molar-refractivity contribution in [3.8, 4) is 0 Å². The minimum absolute atomic E-state index is 0.0885. The van der Waals surface area contributed by atoms with E-state index in [-0.39, 0.29) is 25.2 Å². The summed E-state index contributed by atoms with van der Waals surface area (Å²) in [6.45, 7) is 6.17. The summed E-state index contributed by atoms with van der Waals surface area (Å²) in [4.78, 5) is 1.97. The van der Waals surface area contributed by atoms with Crippen LogP contribution >= 0.6 is 0 Å². The molecule has 0 amide bonds. The molecule has 0 radical (unpaired) electrons. The summed E-state index contributed by atoms with van der Waals surface area (Å²) in [7, 11) is 0. The van der Waals surface area contributed by atoms with Crippen LogP contribution in [-0.2, 0) is 0 Å². The molecule has 0 aromatic carbocycles. The summed E-state index contributed by atoms with van der Waals surface area (Å²) in [6.07, 6.45) is 0.886. The number of hydrogen-bond acceptors (Lipinski definition) is 4. The van der Waals surface area contributed by atoms with Crippen molar-refractivity contribution in [2.24, 2.45) is 5.41 Å². The highest BCUT2D eigenvalue weighted by Crippen LogP contribution is 2.21. The van der Waals surface area contributed by atoms with E-state index in [2.05, 4.69) is 0 Å². The molecule has 0 aliphatic heterocycles. The van der Waals surface area contributed by atoms with Gasteiger partial charge in [-0.05, 0) is 6.42 Å². The molecule has 1 unspecified atom stereocenters. The Morgan fingerprint density at radius 3 is 1.86 bits per heavy atom. The highest BCUT2D eigenvalue weighted by Gasteiger charge is 2.23. The largest absolute Gasteiger partial charge is 0.396 e. The second-order valence-corrected chi connectivity index (χ2v) is 4.05. The van der Waals surface area contributed by atoms with Crippen LogP contribution in [0.3, 0.4) is 0 Å². The lowest BCUT2D eigenvalue weighted by molar-refractivity contribution is 0.0659. The normalized spacial score (nSPS) is 15.9. The van der Waals surface area contributed by atoms with E-state index in [1.165, 1.54) is 0 Å². The first-order valence-electron chi connectivity index (χ1n) is 5.17. The fourth-order valence-corrected chi connectivity index (χ4v) is 1.37. The van der Waals surface area contributed by atoms with Gasteiger partial charge in [-0.1, -0.05) is 13.8 Å². The van der Waals surface area contributed by atoms with E-state index in [4.69, 9.17) is 10.2 Å². The van der Waals surface area contributed by atoms with E-state index < -0.39 is 0 Å². The Morgan fingerprint density at radius 1 is 1.07 bits per heavy atom. The van der Waals surface area contributed by atoms with E-state index in [0.717, 1.165) is 6.42 Å². The third-order valence-corrected chi connectivity index (χ3v) is 2.67. The molecule has 0 saturated carbocycles. The predicted molar refractivity (Wildman–Crippen MR) is 56.1 cm³/mol. The van der Waals surface area contributed by atoms with Crippen molar-refractivity contribution >= 4 is 0 Å². The van der Waals surface area contributed by atoms with E-state index in [9.17, 15) is 5.11 Å². The summed E-state index contributed by atoms with van der Waals surface area (Å²) in [5.74, 6) is 0. The Labute approximate surface area is 86.2 Å². The van der Waals surface area contributed by atoms with E-state index in [1.807, 2.05) is 18.7 Å². The van der Waals surface area contributed by atoms with Crippen molar-refractivity contribution in [3.63, 3.8) is 0 Å². The Balaban J connectivity index is 4.10. The first-order valence-corrected chi connectivity index (χ1v) is 5.17. The van der Waals surface area contributed by atoms with Crippen LogP contribution in [0, 0.1) is 5.41 Å². The molecule has 0 fully saturated rings. The summed E-state index contributed by atoms with van der Waals surface area (Å²) in [5, 5.41) is 26.9. The molecule has 0 aromatic rings. The molecular formula is C10H23NO3. The number of nitrogens with zero attached hydrogens (tertiary/aromatic N) is 1. The van der Waals surface area contributed by atoms with Gasteiger partial charge in [-0.15, -0.1) is 0 Å². The number of rotatable bonds is 8. The van der Waals surface area contributed by atoms with Crippen LogP contribution in [0.2, 0.25) is 0 Å². The number of hydrogen-bond donors (Lipinski definition) is 3. The van der Waals surface area contributed by atoms with Gasteiger partial charge in [0.15, 0.2) is 0 Å². The van der Waals surface area contributed by atoms with Gasteiger partial charge in [0.25, 0.3) is 0 Å². The molecule has 0 aromatic heterocycles. The molecule has 0 aliphatic rings. The smallest absolute Gasteiger partial charge is 0.0558 e. The fourth-order valence-electron chi connectivity index (χ4n) is 1.37. The highest BCUT2D eigenvalue weighted by atomic mass is 16.3. The van der Waals surface area contributed by atoms with Crippen molar-refractivity contribution in [1.29, 1.82) is 0 Å². The molecule has 4 heteroatoms. The van der Waals surface area contributed by atoms with Gasteiger partial charge in [0, 0.05) is 31.7 Å². The first kappa shape index (κ1) is 13.8. The number of aliphatic hydroxyl groups is 3. The van der Waals surface area contributed by atoms with Crippen molar-refractivity contribution < 1.29 is 15.3 Å². The molecule has 3 N–H and O–H groups in total. The van der Waals surface area contributed by atoms with Crippen LogP contribution < -0.4 is 0 Å². The molecule has 0 heterocycles. The number of aliphatic hydroxyl groups excluding tert-OH is 3. The minimum atomic E-state index is -0.135. The zero-order valence-corrected chi connectivity index (χ0v) is 9.24. The fraction of sp³-hybridized carbons (Fsp3) is 1.00. The molecule has 4 nitrogen and oxygen atoms in total. The molecule has 0 rings (SSSR count). The summed E-state index contributed by atoms with van der Waals surface area (Å²) < 4.78 is 0. The lowest BCUT2D eigenvalue weighted by Crippen LogP contribution is -2.40. The Morgan fingerprint density at radius 2 is 1.57 bits per heavy atom. The standard InChI is InChI=1S/C10H23NO3/c1-3-10(2,9-14)8-11(4-6-12)5-7-13/h12-14H,3-9H2,1-2H3. The molecular weight excluding hydrogens is 182 g/mol. The third kappa shape index (κ3) is 4.91. The van der Waals surface area contributed by atoms with E-state index in [1.54, 1.807) is 0 Å². The van der Waals surface area contributed by atoms with Crippen LogP contribution in [0.25, 0.3) is 0 Å². The van der Waals surface area contributed by atoms with Crippen molar-refractivity contribution in [3.05, 3.63) is 0 Å². The highest BCUT2D eigenvalue weighted by molar-refractivity contribution is 4.76. The van der Waals surface area contributed by atoms with Crippen LogP contribution in [0.4, 0.5) is 0 Å². The van der Waals surface area contributed by atoms with Crippen LogP contribution in [-0.4, -0.2) is 59.7 Å². The predicted octanol–water partition coefficient (Wildman–Crippen LogP) is -0.318. The molecule has 14 heavy (non-hydrogen) atoms. The van der Waals surface area contributed by atoms with Gasteiger partial charge in [-0.25, -0.2) is 0 Å². The maximum absolute atomic E-state index is 9.22. The summed E-state index contributed by atoms with van der Waals surface area (Å²) >= 11 is 0. The Bertz CT molecular complexity index is 131. The monoisotopic (exact) mass is 205 g/mol. The van der Waals surface area contributed by atoms with Gasteiger partial charge >= 0.3 is 0 Å². The average Bonchev–Trinajstić information content (AvgIpc) is 2.18. The van der Waals surface area contributed by atoms with Crippen molar-refractivity contribution in [2.75, 3.05) is 39.5 Å². The van der Waals surface area contributed by atoms with Gasteiger partial charge in [-0.2, -0.15) is 0 Å². The topological polar surface area (TPSA) is 63.9 Å². The maximum atomic E-state index is 9.22. The zero-order valence-electron chi connectivity index (χ0n) is 9.24. The van der Waals surface area contributed by atoms with Gasteiger partial charge in [0.2, 0.25) is 0 Å². The van der Waals surface area contributed by atoms with Crippen LogP contribution in [0.5, 0.6) is 0 Å². The summed E-state index contributed by atoms with van der Waals surface area (Å²) in [6, 6.07) is 0. The van der Waals surface area contributed by atoms with Crippen molar-refractivity contribution in [1.82, 2.24) is 4.90 Å². The average molecular weight is 205 g/mol. The Hall–Kier alpha value is -0.160. The molecule has 86 valence electrons. The van der Waals surface area contributed by atoms with Gasteiger partial charge in [0.05, 0.1) is 13.2 Å².